The summed E-state index contributed by atoms with van der Waals surface area (Å²) in [6, 6.07) is 0. The molecule has 0 spiro atoms. The third-order valence-corrected chi connectivity index (χ3v) is 3.44. The average Bonchev–Trinajstić information content (AvgIpc) is 1.99. The van der Waals surface area contributed by atoms with Crippen molar-refractivity contribution in [1.82, 2.24) is 0 Å². The Hall–Kier alpha value is 0.177. The van der Waals surface area contributed by atoms with Crippen LogP contribution in [-0.4, -0.2) is 16.1 Å². The summed E-state index contributed by atoms with van der Waals surface area (Å²) >= 11 is 0. The van der Waals surface area contributed by atoms with Crippen molar-refractivity contribution in [3.8, 4) is 0 Å². The molecule has 0 saturated heterocycles. The molecule has 0 aliphatic carbocycles. The van der Waals surface area contributed by atoms with Gasteiger partial charge in [-0.3, -0.25) is 0 Å². The molecule has 0 saturated carbocycles. The molecule has 0 atom stereocenters. The first kappa shape index (κ1) is 12.2. The summed E-state index contributed by atoms with van der Waals surface area (Å²) in [5.74, 6) is 0. The molecule has 0 aromatic carbocycles. The molecule has 1 nitrogen and oxygen atoms in total. The fourth-order valence-corrected chi connectivity index (χ4v) is 2.55. The molecular weight excluding hydrogens is 164 g/mol. The van der Waals surface area contributed by atoms with Gasteiger partial charge in [-0.25, -0.2) is 0 Å². The molecule has 0 aromatic heterocycles. The molecule has 0 rings (SSSR count). The van der Waals surface area contributed by atoms with Gasteiger partial charge in [0.15, 0.2) is 0 Å². The summed E-state index contributed by atoms with van der Waals surface area (Å²) < 4.78 is 5.75. The molecule has 74 valence electrons. The summed E-state index contributed by atoms with van der Waals surface area (Å²) in [4.78, 5) is 0. The van der Waals surface area contributed by atoms with Crippen molar-refractivity contribution in [2.75, 3.05) is 0 Å². The van der Waals surface area contributed by atoms with Gasteiger partial charge in [0.1, 0.15) is 10.5 Å². The van der Waals surface area contributed by atoms with Crippen molar-refractivity contribution >= 4 is 10.5 Å². The van der Waals surface area contributed by atoms with Gasteiger partial charge in [0.25, 0.3) is 0 Å². The van der Waals surface area contributed by atoms with Crippen LogP contribution in [0.5, 0.6) is 0 Å². The number of hydrogen-bond acceptors (Lipinski definition) is 1. The van der Waals surface area contributed by atoms with Crippen molar-refractivity contribution in [2.24, 2.45) is 5.41 Å². The van der Waals surface area contributed by atoms with Gasteiger partial charge in [-0.2, -0.15) is 0 Å². The van der Waals surface area contributed by atoms with Crippen LogP contribution in [0.2, 0.25) is 0 Å². The van der Waals surface area contributed by atoms with Gasteiger partial charge < -0.3 is 4.43 Å². The molecule has 0 aliphatic heterocycles. The van der Waals surface area contributed by atoms with Crippen molar-refractivity contribution < 1.29 is 4.43 Å². The molecule has 0 amide bonds. The molecule has 0 unspecified atom stereocenters. The van der Waals surface area contributed by atoms with E-state index in [-0.39, 0.29) is 5.60 Å². The number of rotatable bonds is 4. The maximum Gasteiger partial charge on any atom is 0.146 e. The van der Waals surface area contributed by atoms with Crippen molar-refractivity contribution in [2.45, 2.75) is 59.5 Å². The second kappa shape index (κ2) is 4.42. The molecule has 0 aliphatic rings. The Morgan fingerprint density at radius 1 is 1.08 bits per heavy atom. The lowest BCUT2D eigenvalue weighted by atomic mass is 9.79. The second-order valence-corrected chi connectivity index (χ2v) is 5.24. The van der Waals surface area contributed by atoms with Crippen LogP contribution in [0.25, 0.3) is 0 Å². The van der Waals surface area contributed by atoms with Crippen LogP contribution in [0.3, 0.4) is 0 Å². The zero-order valence-corrected chi connectivity index (χ0v) is 11.5. The third kappa shape index (κ3) is 3.72. The Bertz CT molecular complexity index is 114. The van der Waals surface area contributed by atoms with E-state index in [0.29, 0.717) is 5.41 Å². The molecule has 0 fully saturated rings. The monoisotopic (exact) mass is 188 g/mol. The van der Waals surface area contributed by atoms with Crippen LogP contribution in [0.4, 0.5) is 0 Å². The first-order valence-corrected chi connectivity index (χ1v) is 5.76. The van der Waals surface area contributed by atoms with Crippen LogP contribution < -0.4 is 0 Å². The summed E-state index contributed by atoms with van der Waals surface area (Å²) in [6.07, 6.45) is 3.46. The van der Waals surface area contributed by atoms with E-state index < -0.39 is 0 Å². The lowest BCUT2D eigenvalue weighted by Crippen LogP contribution is -2.35. The largest absolute Gasteiger partial charge is 0.422 e. The van der Waals surface area contributed by atoms with E-state index in [0.717, 1.165) is 23.3 Å². The quantitative estimate of drug-likeness (QED) is 0.615. The van der Waals surface area contributed by atoms with Crippen molar-refractivity contribution in [3.63, 3.8) is 0 Å². The van der Waals surface area contributed by atoms with Gasteiger partial charge in [0, 0.05) is 0 Å². The first-order valence-electron chi connectivity index (χ1n) is 4.94. The Kier molecular flexibility index (Phi) is 4.49. The first-order chi connectivity index (χ1) is 5.39. The van der Waals surface area contributed by atoms with Gasteiger partial charge in [-0.1, -0.05) is 34.6 Å². The standard InChI is InChI=1S/C10H24OSi/c1-6-10(7-2,11-12)8-9(3,4)5/h6-8H2,1-5,12H3. The number of hydrogen-bond donors (Lipinski definition) is 0. The Labute approximate surface area is 80.4 Å². The highest BCUT2D eigenvalue weighted by Gasteiger charge is 2.30. The average molecular weight is 188 g/mol. The minimum Gasteiger partial charge on any atom is -0.422 e. The van der Waals surface area contributed by atoms with Gasteiger partial charge in [-0.05, 0) is 24.7 Å². The highest BCUT2D eigenvalue weighted by Crippen LogP contribution is 2.33. The maximum atomic E-state index is 5.75. The van der Waals surface area contributed by atoms with Crippen LogP contribution in [0.1, 0.15) is 53.9 Å². The van der Waals surface area contributed by atoms with Crippen molar-refractivity contribution in [3.05, 3.63) is 0 Å². The zero-order valence-electron chi connectivity index (χ0n) is 9.53. The Morgan fingerprint density at radius 2 is 1.50 bits per heavy atom. The molecule has 0 bridgehead atoms. The highest BCUT2D eigenvalue weighted by atomic mass is 28.2. The maximum absolute atomic E-state index is 5.75. The van der Waals surface area contributed by atoms with Gasteiger partial charge in [-0.15, -0.1) is 0 Å². The third-order valence-electron chi connectivity index (χ3n) is 2.57. The lowest BCUT2D eigenvalue weighted by Gasteiger charge is -2.37. The van der Waals surface area contributed by atoms with Crippen LogP contribution >= 0.6 is 0 Å². The Balaban J connectivity index is 4.30. The SMILES string of the molecule is CCC(CC)(CC(C)(C)C)O[SiH3]. The van der Waals surface area contributed by atoms with Crippen LogP contribution in [-0.2, 0) is 4.43 Å². The molecule has 0 aromatic rings. The zero-order chi connectivity index (χ0) is 9.83. The van der Waals surface area contributed by atoms with E-state index in [2.05, 4.69) is 34.6 Å². The molecule has 0 radical (unpaired) electrons. The van der Waals surface area contributed by atoms with Gasteiger partial charge >= 0.3 is 0 Å². The van der Waals surface area contributed by atoms with E-state index >= 15 is 0 Å². The molecule has 2 heteroatoms. The predicted molar refractivity (Wildman–Crippen MR) is 58.4 cm³/mol. The van der Waals surface area contributed by atoms with Crippen molar-refractivity contribution in [1.29, 1.82) is 0 Å². The minimum atomic E-state index is 0.171. The van der Waals surface area contributed by atoms with Gasteiger partial charge in [0.2, 0.25) is 0 Å². The smallest absolute Gasteiger partial charge is 0.146 e. The fraction of sp³-hybridized carbons (Fsp3) is 1.00. The summed E-state index contributed by atoms with van der Waals surface area (Å²) in [7, 11) is 0.859. The van der Waals surface area contributed by atoms with E-state index in [1.165, 1.54) is 6.42 Å². The summed E-state index contributed by atoms with van der Waals surface area (Å²) in [5, 5.41) is 0. The second-order valence-electron chi connectivity index (χ2n) is 4.83. The lowest BCUT2D eigenvalue weighted by molar-refractivity contribution is 0.0275. The predicted octanol–water partition coefficient (Wildman–Crippen LogP) is 2.28. The molecular formula is C10H24OSi. The minimum absolute atomic E-state index is 0.171. The molecule has 12 heavy (non-hydrogen) atoms. The highest BCUT2D eigenvalue weighted by molar-refractivity contribution is 5.98. The van der Waals surface area contributed by atoms with Crippen LogP contribution in [0, 0.1) is 5.41 Å². The Morgan fingerprint density at radius 3 is 1.58 bits per heavy atom. The van der Waals surface area contributed by atoms with E-state index in [9.17, 15) is 0 Å². The topological polar surface area (TPSA) is 9.23 Å². The fourth-order valence-electron chi connectivity index (χ4n) is 1.83. The van der Waals surface area contributed by atoms with Gasteiger partial charge in [0.05, 0.1) is 5.60 Å². The molecule has 0 N–H and O–H groups in total. The van der Waals surface area contributed by atoms with E-state index in [1.807, 2.05) is 0 Å². The molecule has 0 heterocycles. The summed E-state index contributed by atoms with van der Waals surface area (Å²) in [5.41, 5.74) is 0.556. The van der Waals surface area contributed by atoms with E-state index in [4.69, 9.17) is 4.43 Å². The normalized spacial score (nSPS) is 13.8. The van der Waals surface area contributed by atoms with E-state index in [1.54, 1.807) is 0 Å². The van der Waals surface area contributed by atoms with Crippen LogP contribution in [0.15, 0.2) is 0 Å². The summed E-state index contributed by atoms with van der Waals surface area (Å²) in [6.45, 7) is 11.3.